The van der Waals surface area contributed by atoms with E-state index in [4.69, 9.17) is 9.47 Å². The van der Waals surface area contributed by atoms with Gasteiger partial charge in [0.25, 0.3) is 0 Å². The Morgan fingerprint density at radius 2 is 2.00 bits per heavy atom. The van der Waals surface area contributed by atoms with Crippen molar-refractivity contribution in [3.05, 3.63) is 29.6 Å². The van der Waals surface area contributed by atoms with E-state index < -0.39 is 0 Å². The van der Waals surface area contributed by atoms with E-state index in [1.807, 2.05) is 31.1 Å². The molecule has 11 heavy (non-hydrogen) atoms. The molecule has 0 bridgehead atoms. The summed E-state index contributed by atoms with van der Waals surface area (Å²) in [6.45, 7) is 1.97. The fraction of sp³-hybridized carbons (Fsp3) is 0.375. The van der Waals surface area contributed by atoms with Crippen molar-refractivity contribution in [2.75, 3.05) is 14.2 Å². The van der Waals surface area contributed by atoms with Gasteiger partial charge in [0.2, 0.25) is 0 Å². The number of methoxy groups -OCH3 is 2. The first-order valence-electron chi connectivity index (χ1n) is 3.49. The molecule has 2 nitrogen and oxygen atoms in total. The zero-order valence-electron chi connectivity index (χ0n) is 6.78. The van der Waals surface area contributed by atoms with Crippen LogP contribution in [0.4, 0.5) is 0 Å². The second-order valence-corrected chi connectivity index (χ2v) is 2.21. The van der Waals surface area contributed by atoms with Crippen LogP contribution in [0, 0.1) is 0 Å². The third kappa shape index (κ3) is 2.14. The molecular weight excluding hydrogens is 139 g/mol. The van der Waals surface area contributed by atoms with Gasteiger partial charge in [-0.3, -0.25) is 0 Å². The third-order valence-corrected chi connectivity index (χ3v) is 1.50. The molecule has 0 saturated carbocycles. The molecule has 0 atom stereocenters. The Morgan fingerprint density at radius 3 is 2.45 bits per heavy atom. The minimum absolute atomic E-state index is 0.240. The molecule has 0 aliphatic carbocycles. The molecule has 0 fully saturated rings. The molecule has 1 rings (SSSR count). The Labute approximate surface area is 67.4 Å². The average molecular weight is 150 g/mol. The molecule has 0 spiro atoms. The Kier molecular flexibility index (Phi) is 3.27. The number of ether oxygens (including phenoxy) is 2. The van der Waals surface area contributed by atoms with Crippen molar-refractivity contribution in [3.8, 4) is 0 Å². The van der Waals surface area contributed by atoms with Crippen molar-refractivity contribution in [3.63, 3.8) is 0 Å². The Balaban J connectivity index is 2.74. The zero-order valence-corrected chi connectivity index (χ0v) is 6.78. The van der Waals surface area contributed by atoms with Gasteiger partial charge in [0.1, 0.15) is 0 Å². The predicted molar refractivity (Wildman–Crippen MR) is 44.5 cm³/mol. The first kappa shape index (κ1) is 8.43. The van der Waals surface area contributed by atoms with Gasteiger partial charge in [0.15, 0.2) is 0 Å². The second-order valence-electron chi connectivity index (χ2n) is 2.21. The fourth-order valence-electron chi connectivity index (χ4n) is 0.979. The quantitative estimate of drug-likeness (QED) is 0.604. The fourth-order valence-corrected chi connectivity index (χ4v) is 0.979. The number of rotatable bonds is 3. The first-order chi connectivity index (χ1) is 5.38. The van der Waals surface area contributed by atoms with Crippen LogP contribution in [-0.4, -0.2) is 21.1 Å². The summed E-state index contributed by atoms with van der Waals surface area (Å²) in [5, 5.41) is 0. The second kappa shape index (κ2) is 4.26. The first-order valence-corrected chi connectivity index (χ1v) is 3.49. The van der Waals surface area contributed by atoms with Crippen molar-refractivity contribution in [1.29, 1.82) is 0 Å². The van der Waals surface area contributed by atoms with Gasteiger partial charge < -0.3 is 0 Å². The molecule has 1 aromatic heterocycles. The van der Waals surface area contributed by atoms with Crippen LogP contribution < -0.4 is 0 Å². The molecule has 0 aromatic carbocycles. The maximum atomic E-state index is 5.06. The normalized spacial score (nSPS) is 10.1. The Hall–Kier alpha value is -0.665. The molecule has 1 heterocycles. The van der Waals surface area contributed by atoms with Gasteiger partial charge in [-0.25, -0.2) is 0 Å². The van der Waals surface area contributed by atoms with E-state index in [-0.39, 0.29) is 6.29 Å². The van der Waals surface area contributed by atoms with Crippen molar-refractivity contribution in [2.24, 2.45) is 0 Å². The van der Waals surface area contributed by atoms with Crippen molar-refractivity contribution < 1.29 is 9.47 Å². The molecule has 3 heteroatoms. The Bertz CT molecular complexity index is 197. The van der Waals surface area contributed by atoms with Crippen LogP contribution in [0.3, 0.4) is 0 Å². The van der Waals surface area contributed by atoms with Gasteiger partial charge in [-0.2, -0.15) is 0 Å². The van der Waals surface area contributed by atoms with Crippen molar-refractivity contribution >= 4 is 6.91 Å². The van der Waals surface area contributed by atoms with Crippen molar-refractivity contribution in [2.45, 2.75) is 6.29 Å². The van der Waals surface area contributed by atoms with E-state index in [0.717, 1.165) is 5.46 Å². The van der Waals surface area contributed by atoms with Crippen LogP contribution >= 0.6 is 0 Å². The summed E-state index contributed by atoms with van der Waals surface area (Å²) in [5.74, 6) is 1.96. The van der Waals surface area contributed by atoms with Gasteiger partial charge in [0, 0.05) is 0 Å². The summed E-state index contributed by atoms with van der Waals surface area (Å²) >= 11 is 0. The maximum absolute atomic E-state index is 5.06. The molecule has 0 aliphatic heterocycles. The summed E-state index contributed by atoms with van der Waals surface area (Å²) in [6.07, 6.45) is -0.240. The molecule has 0 unspecified atom stereocenters. The van der Waals surface area contributed by atoms with Gasteiger partial charge in [0.05, 0.1) is 0 Å². The van der Waals surface area contributed by atoms with E-state index >= 15 is 0 Å². The van der Waals surface area contributed by atoms with Gasteiger partial charge in [-0.1, -0.05) is 0 Å². The number of hydrogen-bond donors (Lipinski definition) is 0. The van der Waals surface area contributed by atoms with E-state index in [1.54, 1.807) is 14.2 Å². The van der Waals surface area contributed by atoms with Crippen LogP contribution in [0.1, 0.15) is 11.7 Å². The van der Waals surface area contributed by atoms with Gasteiger partial charge >= 0.3 is 66.5 Å². The molecule has 0 radical (unpaired) electrons. The molecule has 0 N–H and O–H groups in total. The van der Waals surface area contributed by atoms with Gasteiger partial charge in [-0.15, -0.1) is 0 Å². The monoisotopic (exact) mass is 150 g/mol. The predicted octanol–water partition coefficient (Wildman–Crippen LogP) is 1.32. The van der Waals surface area contributed by atoms with E-state index in [9.17, 15) is 0 Å². The third-order valence-electron chi connectivity index (χ3n) is 1.50. The van der Waals surface area contributed by atoms with Crippen LogP contribution in [0.25, 0.3) is 0 Å². The van der Waals surface area contributed by atoms with Crippen LogP contribution in [0.15, 0.2) is 24.2 Å². The average Bonchev–Trinajstić information content (AvgIpc) is 2.09. The van der Waals surface area contributed by atoms with Crippen LogP contribution in [0.2, 0.25) is 0 Å². The molecule has 0 amide bonds. The minimum atomic E-state index is -0.240. The number of hydrogen-bond acceptors (Lipinski definition) is 2. The Morgan fingerprint density at radius 1 is 1.27 bits per heavy atom. The topological polar surface area (TPSA) is 18.5 Å². The standard InChI is InChI=1S/C8H11BO2/c1-10-8(11-2)7-5-3-4-6-9-7/h3-6,8H,1-2H3. The van der Waals surface area contributed by atoms with Crippen LogP contribution in [0.5, 0.6) is 0 Å². The summed E-state index contributed by atoms with van der Waals surface area (Å²) < 4.78 is 10.1. The summed E-state index contributed by atoms with van der Waals surface area (Å²) in [6, 6.07) is 5.89. The van der Waals surface area contributed by atoms with Gasteiger partial charge in [-0.05, 0) is 0 Å². The molecule has 0 saturated heterocycles. The van der Waals surface area contributed by atoms with E-state index in [2.05, 4.69) is 0 Å². The summed E-state index contributed by atoms with van der Waals surface area (Å²) in [5.41, 5.74) is 1.04. The van der Waals surface area contributed by atoms with Crippen molar-refractivity contribution in [1.82, 2.24) is 0 Å². The SMILES string of the molecule is COC(OC)c1bcccc1. The van der Waals surface area contributed by atoms with E-state index in [0.29, 0.717) is 0 Å². The zero-order chi connectivity index (χ0) is 8.10. The molecular formula is C8H11BO2. The van der Waals surface area contributed by atoms with Crippen LogP contribution in [-0.2, 0) is 9.47 Å². The van der Waals surface area contributed by atoms with E-state index in [1.165, 1.54) is 0 Å². The summed E-state index contributed by atoms with van der Waals surface area (Å²) in [4.78, 5) is 0. The molecule has 0 aliphatic rings. The molecule has 58 valence electrons. The molecule has 1 aromatic rings. The summed E-state index contributed by atoms with van der Waals surface area (Å²) in [7, 11) is 3.25.